The number of phenolic OH excluding ortho intramolecular Hbond substituents is 1. The number of fused-ring (bicyclic) bond motifs is 5. The summed E-state index contributed by atoms with van der Waals surface area (Å²) in [5, 5.41) is 32.7. The smallest absolute Gasteiger partial charge is 0.407 e. The van der Waals surface area contributed by atoms with E-state index in [-0.39, 0.29) is 44.0 Å². The van der Waals surface area contributed by atoms with E-state index in [9.17, 15) is 39.1 Å². The molecule has 0 saturated carbocycles. The largest absolute Gasteiger partial charge is 0.507 e. The minimum Gasteiger partial charge on any atom is -0.507 e. The van der Waals surface area contributed by atoms with Gasteiger partial charge < -0.3 is 55.7 Å². The van der Waals surface area contributed by atoms with Gasteiger partial charge in [0.25, 0.3) is 5.91 Å². The average Bonchev–Trinajstić information content (AvgIpc) is 3.22. The summed E-state index contributed by atoms with van der Waals surface area (Å²) in [5.74, 6) is -3.03. The molecule has 3 atom stereocenters. The van der Waals surface area contributed by atoms with E-state index in [1.54, 1.807) is 63.2 Å². The molecule has 18 nitrogen and oxygen atoms in total. The normalized spacial score (nSPS) is 16.3. The number of nitrogens with zero attached hydrogens (tertiary/aromatic N) is 3. The number of amides is 6. The van der Waals surface area contributed by atoms with E-state index in [1.807, 2.05) is 32.0 Å². The Hall–Kier alpha value is -6.87. The van der Waals surface area contributed by atoms with Crippen molar-refractivity contribution in [2.24, 2.45) is 0 Å². The maximum atomic E-state index is 14.4. The Bertz CT molecular complexity index is 2200. The van der Waals surface area contributed by atoms with Crippen LogP contribution in [-0.4, -0.2) is 129 Å². The number of phenols is 1. The molecule has 2 unspecified atom stereocenters. The molecule has 1 heterocycles. The van der Waals surface area contributed by atoms with Crippen molar-refractivity contribution in [1.29, 1.82) is 5.26 Å². The lowest BCUT2D eigenvalue weighted by Crippen LogP contribution is -2.55. The molecule has 0 spiro atoms. The van der Waals surface area contributed by atoms with Crippen LogP contribution in [0.5, 0.6) is 17.2 Å². The first-order chi connectivity index (χ1) is 29.8. The number of benzene rings is 3. The summed E-state index contributed by atoms with van der Waals surface area (Å²) in [6.07, 6.45) is -0.0193. The van der Waals surface area contributed by atoms with E-state index in [2.05, 4.69) is 26.6 Å². The quantitative estimate of drug-likeness (QED) is 0.0955. The molecule has 338 valence electrons. The number of hydrogen-bond acceptors (Lipinski definition) is 12. The zero-order valence-electron chi connectivity index (χ0n) is 37.0. The Morgan fingerprint density at radius 2 is 1.57 bits per heavy atom. The summed E-state index contributed by atoms with van der Waals surface area (Å²) < 4.78 is 17.9. The minimum absolute atomic E-state index is 0.00372. The number of aryl methyl sites for hydroxylation is 1. The molecule has 1 aliphatic heterocycles. The SMILES string of the molecule is CCc1ccc(C(=O)NCC(=O)N(C)C2C(=O)N[C@@H](C)C(=O)NC(C(=O)NCC#N)Cc3ccc(OCCNC(=O)OC(C)(C)C)c(c3)-c3cc2ccc3OCCN(C)C)c(O)c1. The van der Waals surface area contributed by atoms with Crippen molar-refractivity contribution >= 4 is 35.6 Å². The first kappa shape index (κ1) is 48.8. The molecule has 4 rings (SSSR count). The molecular formula is C45H58N8O10. The van der Waals surface area contributed by atoms with E-state index >= 15 is 0 Å². The van der Waals surface area contributed by atoms with Crippen LogP contribution in [0.4, 0.5) is 4.79 Å². The van der Waals surface area contributed by atoms with E-state index in [4.69, 9.17) is 14.2 Å². The highest BCUT2D eigenvalue weighted by Gasteiger charge is 2.34. The predicted molar refractivity (Wildman–Crippen MR) is 233 cm³/mol. The van der Waals surface area contributed by atoms with Crippen molar-refractivity contribution in [2.45, 2.75) is 71.2 Å². The maximum absolute atomic E-state index is 14.4. The molecule has 0 radical (unpaired) electrons. The summed E-state index contributed by atoms with van der Waals surface area (Å²) in [6, 6.07) is 12.8. The van der Waals surface area contributed by atoms with E-state index < -0.39 is 65.9 Å². The highest BCUT2D eigenvalue weighted by molar-refractivity contribution is 6.00. The average molecular weight is 871 g/mol. The first-order valence-electron chi connectivity index (χ1n) is 20.6. The predicted octanol–water partition coefficient (Wildman–Crippen LogP) is 2.58. The third-order valence-electron chi connectivity index (χ3n) is 9.79. The van der Waals surface area contributed by atoms with E-state index in [1.165, 1.54) is 26.1 Å². The fraction of sp³-hybridized carbons (Fsp3) is 0.444. The number of aromatic hydroxyl groups is 1. The zero-order valence-corrected chi connectivity index (χ0v) is 37.0. The fourth-order valence-electron chi connectivity index (χ4n) is 6.47. The van der Waals surface area contributed by atoms with Crippen LogP contribution in [-0.2, 0) is 36.8 Å². The number of likely N-dealkylation sites (N-methyl/N-ethyl adjacent to an activating group) is 2. The summed E-state index contributed by atoms with van der Waals surface area (Å²) in [6.45, 7) is 8.58. The number of alkyl carbamates (subject to hydrolysis) is 1. The Morgan fingerprint density at radius 1 is 0.889 bits per heavy atom. The lowest BCUT2D eigenvalue weighted by molar-refractivity contribution is -0.139. The van der Waals surface area contributed by atoms with Crippen LogP contribution < -0.4 is 36.1 Å². The van der Waals surface area contributed by atoms with Crippen LogP contribution in [0, 0.1) is 11.3 Å². The van der Waals surface area contributed by atoms with Crippen LogP contribution in [0.1, 0.15) is 67.7 Å². The number of ether oxygens (including phenoxy) is 3. The number of carbonyl (C=O) groups is 6. The molecule has 6 amide bonds. The molecule has 18 heteroatoms. The van der Waals surface area contributed by atoms with Gasteiger partial charge in [-0.2, -0.15) is 5.26 Å². The summed E-state index contributed by atoms with van der Waals surface area (Å²) >= 11 is 0. The molecule has 3 aromatic carbocycles. The van der Waals surface area contributed by atoms with Crippen LogP contribution in [0.3, 0.4) is 0 Å². The van der Waals surface area contributed by atoms with Crippen LogP contribution in [0.15, 0.2) is 54.6 Å². The van der Waals surface area contributed by atoms with Gasteiger partial charge in [0.05, 0.1) is 24.7 Å². The highest BCUT2D eigenvalue weighted by atomic mass is 16.6. The van der Waals surface area contributed by atoms with Crippen molar-refractivity contribution < 1.29 is 48.1 Å². The van der Waals surface area contributed by atoms with Gasteiger partial charge in [0.2, 0.25) is 23.6 Å². The van der Waals surface area contributed by atoms with Crippen molar-refractivity contribution in [3.63, 3.8) is 0 Å². The Kier molecular flexibility index (Phi) is 17.3. The van der Waals surface area contributed by atoms with Gasteiger partial charge in [-0.15, -0.1) is 0 Å². The van der Waals surface area contributed by atoms with Gasteiger partial charge in [-0.3, -0.25) is 24.0 Å². The molecule has 3 aromatic rings. The number of nitrogens with one attached hydrogen (secondary N) is 5. The standard InChI is InChI=1S/C45H58N8O10/c1-9-28-10-13-31(35(54)24-28)41(57)49-26-38(55)53(8)39-30-12-15-37(62-21-19-52(6)7)33(25-30)32-22-29(11-14-36(32)61-20-18-48-44(60)63-45(3,4)5)23-34(42(58)47-17-16-46)51-40(56)27(2)50-43(39)59/h10-15,22,24-25,27,34,39,54H,9,17-21,23,26H2,1-8H3,(H,47,58)(H,48,60)(H,49,57)(H,50,59)(H,51,56)/t27-,34?,39?/m0/s1. The second-order valence-electron chi connectivity index (χ2n) is 16.2. The summed E-state index contributed by atoms with van der Waals surface area (Å²) in [4.78, 5) is 83.8. The van der Waals surface area contributed by atoms with Gasteiger partial charge in [0.15, 0.2) is 0 Å². The van der Waals surface area contributed by atoms with Gasteiger partial charge in [0, 0.05) is 31.1 Å². The molecule has 4 bridgehead atoms. The monoisotopic (exact) mass is 870 g/mol. The molecule has 1 aliphatic rings. The number of nitriles is 1. The Morgan fingerprint density at radius 3 is 2.22 bits per heavy atom. The van der Waals surface area contributed by atoms with Crippen LogP contribution in [0.25, 0.3) is 11.1 Å². The molecule has 63 heavy (non-hydrogen) atoms. The van der Waals surface area contributed by atoms with Crippen LogP contribution >= 0.6 is 0 Å². The molecule has 0 saturated heterocycles. The van der Waals surface area contributed by atoms with Crippen molar-refractivity contribution in [3.8, 4) is 34.4 Å². The Labute approximate surface area is 367 Å². The maximum Gasteiger partial charge on any atom is 0.407 e. The lowest BCUT2D eigenvalue weighted by Gasteiger charge is -2.30. The molecule has 6 N–H and O–H groups in total. The number of carbonyl (C=O) groups excluding carboxylic acids is 6. The molecule has 0 aliphatic carbocycles. The molecular weight excluding hydrogens is 813 g/mol. The minimum atomic E-state index is -1.39. The van der Waals surface area contributed by atoms with Gasteiger partial charge in [-0.05, 0) is 101 Å². The van der Waals surface area contributed by atoms with Crippen molar-refractivity contribution in [2.75, 3.05) is 60.5 Å². The van der Waals surface area contributed by atoms with Crippen LogP contribution in [0.2, 0.25) is 0 Å². The summed E-state index contributed by atoms with van der Waals surface area (Å²) in [7, 11) is 5.17. The second-order valence-corrected chi connectivity index (χ2v) is 16.2. The fourth-order valence-corrected chi connectivity index (χ4v) is 6.47. The first-order valence-corrected chi connectivity index (χ1v) is 20.6. The Balaban J connectivity index is 1.83. The lowest BCUT2D eigenvalue weighted by atomic mass is 9.93. The molecule has 0 fully saturated rings. The van der Waals surface area contributed by atoms with Gasteiger partial charge >= 0.3 is 6.09 Å². The van der Waals surface area contributed by atoms with E-state index in [0.717, 1.165) is 10.5 Å². The van der Waals surface area contributed by atoms with Gasteiger partial charge in [-0.25, -0.2) is 4.79 Å². The third kappa shape index (κ3) is 14.1. The summed E-state index contributed by atoms with van der Waals surface area (Å²) in [5.41, 5.74) is 1.85. The number of rotatable bonds is 15. The van der Waals surface area contributed by atoms with Gasteiger partial charge in [0.1, 0.15) is 60.7 Å². The molecule has 0 aromatic heterocycles. The highest BCUT2D eigenvalue weighted by Crippen LogP contribution is 2.40. The topological polar surface area (TPSA) is 241 Å². The second kappa shape index (κ2) is 22.3. The van der Waals surface area contributed by atoms with E-state index in [0.29, 0.717) is 46.7 Å². The third-order valence-corrected chi connectivity index (χ3v) is 9.79. The van der Waals surface area contributed by atoms with Crippen molar-refractivity contribution in [1.82, 2.24) is 36.4 Å². The van der Waals surface area contributed by atoms with Crippen molar-refractivity contribution in [3.05, 3.63) is 76.9 Å². The van der Waals surface area contributed by atoms with Gasteiger partial charge in [-0.1, -0.05) is 25.1 Å². The zero-order chi connectivity index (χ0) is 46.4. The number of hydrogen-bond donors (Lipinski definition) is 6.